The molecule has 0 unspecified atom stereocenters. The molecule has 0 bridgehead atoms. The molecule has 1 fully saturated rings. The van der Waals surface area contributed by atoms with Gasteiger partial charge in [-0.15, -0.1) is 0 Å². The van der Waals surface area contributed by atoms with Gasteiger partial charge in [0.25, 0.3) is 0 Å². The number of nitrogens with zero attached hydrogens (tertiary/aromatic N) is 1. The summed E-state index contributed by atoms with van der Waals surface area (Å²) < 4.78 is 0. The second-order valence-electron chi connectivity index (χ2n) is 5.47. The maximum absolute atomic E-state index is 12.2. The third-order valence-corrected chi connectivity index (χ3v) is 4.15. The summed E-state index contributed by atoms with van der Waals surface area (Å²) in [6, 6.07) is 8.34. The molecule has 2 N–H and O–H groups in total. The highest BCUT2D eigenvalue weighted by atomic mass is 16.3. The quantitative estimate of drug-likeness (QED) is 0.895. The minimum atomic E-state index is 0.0367. The first kappa shape index (κ1) is 13.2. The van der Waals surface area contributed by atoms with E-state index >= 15 is 0 Å². The van der Waals surface area contributed by atoms with Gasteiger partial charge in [-0.1, -0.05) is 6.07 Å². The number of aliphatic hydroxyl groups is 1. The van der Waals surface area contributed by atoms with E-state index in [0.717, 1.165) is 31.3 Å². The lowest BCUT2D eigenvalue weighted by Crippen LogP contribution is -2.37. The molecule has 1 atom stereocenters. The van der Waals surface area contributed by atoms with Crippen LogP contribution in [-0.4, -0.2) is 40.1 Å². The van der Waals surface area contributed by atoms with Gasteiger partial charge in [0.2, 0.25) is 5.91 Å². The van der Waals surface area contributed by atoms with Gasteiger partial charge in [-0.25, -0.2) is 0 Å². The van der Waals surface area contributed by atoms with Gasteiger partial charge >= 0.3 is 0 Å². The van der Waals surface area contributed by atoms with E-state index in [4.69, 9.17) is 0 Å². The third kappa shape index (κ3) is 2.56. The van der Waals surface area contributed by atoms with Crippen molar-refractivity contribution >= 4 is 16.8 Å². The average molecular weight is 272 g/mol. The molecule has 0 spiro atoms. The van der Waals surface area contributed by atoms with Gasteiger partial charge < -0.3 is 15.0 Å². The second kappa shape index (κ2) is 5.67. The van der Waals surface area contributed by atoms with Crippen molar-refractivity contribution < 1.29 is 9.90 Å². The Kier molecular flexibility index (Phi) is 3.74. The molecule has 20 heavy (non-hydrogen) atoms. The van der Waals surface area contributed by atoms with Gasteiger partial charge in [-0.05, 0) is 48.4 Å². The van der Waals surface area contributed by atoms with Crippen LogP contribution in [0, 0.1) is 0 Å². The van der Waals surface area contributed by atoms with Crippen LogP contribution in [0.4, 0.5) is 0 Å². The van der Waals surface area contributed by atoms with Crippen molar-refractivity contribution in [3.63, 3.8) is 0 Å². The van der Waals surface area contributed by atoms with Crippen LogP contribution < -0.4 is 0 Å². The van der Waals surface area contributed by atoms with Gasteiger partial charge in [-0.2, -0.15) is 0 Å². The van der Waals surface area contributed by atoms with Crippen molar-refractivity contribution in [2.24, 2.45) is 0 Å². The topological polar surface area (TPSA) is 56.3 Å². The zero-order valence-electron chi connectivity index (χ0n) is 11.5. The zero-order chi connectivity index (χ0) is 13.9. The zero-order valence-corrected chi connectivity index (χ0v) is 11.5. The van der Waals surface area contributed by atoms with E-state index in [1.54, 1.807) is 0 Å². The summed E-state index contributed by atoms with van der Waals surface area (Å²) in [4.78, 5) is 17.2. The highest BCUT2D eigenvalue weighted by Gasteiger charge is 2.27. The summed E-state index contributed by atoms with van der Waals surface area (Å²) in [5.41, 5.74) is 2.31. The number of H-pyrrole nitrogens is 1. The molecule has 3 rings (SSSR count). The molecule has 0 radical (unpaired) electrons. The van der Waals surface area contributed by atoms with Crippen molar-refractivity contribution in [3.8, 4) is 0 Å². The Morgan fingerprint density at radius 2 is 2.30 bits per heavy atom. The van der Waals surface area contributed by atoms with E-state index in [9.17, 15) is 9.90 Å². The van der Waals surface area contributed by atoms with E-state index in [1.807, 2.05) is 17.2 Å². The number of nitrogens with one attached hydrogen (secondary N) is 1. The fourth-order valence-corrected chi connectivity index (χ4v) is 3.01. The predicted molar refractivity (Wildman–Crippen MR) is 78.4 cm³/mol. The van der Waals surface area contributed by atoms with Gasteiger partial charge in [0.1, 0.15) is 0 Å². The Morgan fingerprint density at radius 1 is 1.40 bits per heavy atom. The van der Waals surface area contributed by atoms with Crippen LogP contribution in [0.2, 0.25) is 0 Å². The number of rotatable bonds is 4. The van der Waals surface area contributed by atoms with Crippen molar-refractivity contribution in [1.29, 1.82) is 0 Å². The van der Waals surface area contributed by atoms with Crippen LogP contribution >= 0.6 is 0 Å². The Bertz CT molecular complexity index is 605. The Morgan fingerprint density at radius 3 is 3.15 bits per heavy atom. The van der Waals surface area contributed by atoms with Crippen molar-refractivity contribution in [1.82, 2.24) is 9.88 Å². The lowest BCUT2D eigenvalue weighted by molar-refractivity contribution is -0.132. The maximum Gasteiger partial charge on any atom is 0.223 e. The number of aromatic amines is 1. The lowest BCUT2D eigenvalue weighted by Gasteiger charge is -2.23. The molecule has 1 saturated heterocycles. The minimum absolute atomic E-state index is 0.0367. The number of benzene rings is 1. The van der Waals surface area contributed by atoms with Crippen LogP contribution in [0.25, 0.3) is 10.9 Å². The number of hydrogen-bond acceptors (Lipinski definition) is 2. The normalized spacial score (nSPS) is 18.9. The Balaban J connectivity index is 1.62. The molecule has 0 saturated carbocycles. The van der Waals surface area contributed by atoms with Crippen molar-refractivity contribution in [2.45, 2.75) is 31.7 Å². The first-order valence-corrected chi connectivity index (χ1v) is 7.24. The number of amides is 1. The predicted octanol–water partition coefficient (Wildman–Crippen LogP) is 2.08. The van der Waals surface area contributed by atoms with Gasteiger partial charge in [0.15, 0.2) is 0 Å². The second-order valence-corrected chi connectivity index (χ2v) is 5.47. The number of carbonyl (C=O) groups excluding carboxylic acids is 1. The molecule has 1 amide bonds. The number of fused-ring (bicyclic) bond motifs is 1. The largest absolute Gasteiger partial charge is 0.394 e. The lowest BCUT2D eigenvalue weighted by atomic mass is 10.1. The number of aryl methyl sites for hydroxylation is 1. The Hall–Kier alpha value is -1.81. The molecule has 0 aliphatic carbocycles. The minimum Gasteiger partial charge on any atom is -0.394 e. The van der Waals surface area contributed by atoms with Gasteiger partial charge in [-0.3, -0.25) is 4.79 Å². The monoisotopic (exact) mass is 272 g/mol. The van der Waals surface area contributed by atoms with Crippen LogP contribution in [0.3, 0.4) is 0 Å². The van der Waals surface area contributed by atoms with E-state index in [1.165, 1.54) is 10.9 Å². The SMILES string of the molecule is O=C(CCc1ccc2[nH]ccc2c1)N1CCC[C@@H]1CO. The summed E-state index contributed by atoms with van der Waals surface area (Å²) in [6.45, 7) is 0.877. The Labute approximate surface area is 118 Å². The highest BCUT2D eigenvalue weighted by Crippen LogP contribution is 2.19. The maximum atomic E-state index is 12.2. The highest BCUT2D eigenvalue weighted by molar-refractivity contribution is 5.80. The number of likely N-dealkylation sites (tertiary alicyclic amines) is 1. The van der Waals surface area contributed by atoms with Crippen molar-refractivity contribution in [3.05, 3.63) is 36.0 Å². The molecule has 1 aliphatic rings. The van der Waals surface area contributed by atoms with Gasteiger partial charge in [0.05, 0.1) is 12.6 Å². The first-order chi connectivity index (χ1) is 9.78. The molecule has 2 aromatic rings. The summed E-state index contributed by atoms with van der Waals surface area (Å²) in [6.07, 6.45) is 5.14. The molecule has 4 nitrogen and oxygen atoms in total. The number of carbonyl (C=O) groups is 1. The molecular weight excluding hydrogens is 252 g/mol. The average Bonchev–Trinajstić information content (AvgIpc) is 3.12. The summed E-state index contributed by atoms with van der Waals surface area (Å²) in [5.74, 6) is 0.163. The molecular formula is C16H20N2O2. The molecule has 1 aromatic carbocycles. The summed E-state index contributed by atoms with van der Waals surface area (Å²) >= 11 is 0. The summed E-state index contributed by atoms with van der Waals surface area (Å²) in [7, 11) is 0. The van der Waals surface area contributed by atoms with Crippen LogP contribution in [0.15, 0.2) is 30.5 Å². The van der Waals surface area contributed by atoms with E-state index in [0.29, 0.717) is 6.42 Å². The number of aliphatic hydroxyl groups excluding tert-OH is 1. The standard InChI is InChI=1S/C16H20N2O2/c19-11-14-2-1-9-18(14)16(20)6-4-12-3-5-15-13(10-12)7-8-17-15/h3,5,7-8,10,14,17,19H,1-2,4,6,9,11H2/t14-/m1/s1. The smallest absolute Gasteiger partial charge is 0.223 e. The molecule has 1 aliphatic heterocycles. The van der Waals surface area contributed by atoms with Crippen LogP contribution in [-0.2, 0) is 11.2 Å². The molecule has 106 valence electrons. The third-order valence-electron chi connectivity index (χ3n) is 4.15. The first-order valence-electron chi connectivity index (χ1n) is 7.24. The van der Waals surface area contributed by atoms with E-state index < -0.39 is 0 Å². The summed E-state index contributed by atoms with van der Waals surface area (Å²) in [5, 5.41) is 10.5. The van der Waals surface area contributed by atoms with Crippen LogP contribution in [0.5, 0.6) is 0 Å². The molecule has 4 heteroatoms. The fraction of sp³-hybridized carbons (Fsp3) is 0.438. The number of hydrogen-bond donors (Lipinski definition) is 2. The molecule has 2 heterocycles. The fourth-order valence-electron chi connectivity index (χ4n) is 3.01. The van der Waals surface area contributed by atoms with Gasteiger partial charge in [0, 0.05) is 24.7 Å². The molecule has 1 aromatic heterocycles. The van der Waals surface area contributed by atoms with Crippen molar-refractivity contribution in [2.75, 3.05) is 13.2 Å². The van der Waals surface area contributed by atoms with E-state index in [2.05, 4.69) is 23.2 Å². The van der Waals surface area contributed by atoms with Crippen LogP contribution in [0.1, 0.15) is 24.8 Å². The number of aromatic nitrogens is 1. The van der Waals surface area contributed by atoms with E-state index in [-0.39, 0.29) is 18.6 Å².